The zero-order chi connectivity index (χ0) is 27.0. The zero-order valence-electron chi connectivity index (χ0n) is 24.0. The monoisotopic (exact) mass is 532 g/mol. The summed E-state index contributed by atoms with van der Waals surface area (Å²) in [5.41, 5.74) is 3.34. The zero-order valence-corrected chi connectivity index (χ0v) is 24.9. The number of urea groups is 1. The molecule has 208 valence electrons. The minimum absolute atomic E-state index is 0.0131. The first-order chi connectivity index (χ1) is 17.6. The van der Waals surface area contributed by atoms with Crippen LogP contribution in [0, 0.1) is 5.92 Å². The number of ether oxygens (including phenoxy) is 1. The fraction of sp³-hybridized carbons (Fsp3) is 0.714. The van der Waals surface area contributed by atoms with Crippen LogP contribution >= 0.6 is 12.1 Å². The average Bonchev–Trinajstić information content (AvgIpc) is 3.64. The molecule has 1 aliphatic heterocycles. The van der Waals surface area contributed by atoms with E-state index in [1.807, 2.05) is 11.8 Å². The fourth-order valence-corrected chi connectivity index (χ4v) is 5.19. The van der Waals surface area contributed by atoms with Crippen molar-refractivity contribution in [1.29, 1.82) is 0 Å². The van der Waals surface area contributed by atoms with Crippen LogP contribution in [0.25, 0.3) is 11.0 Å². The largest absolute Gasteiger partial charge is 0.382 e. The highest BCUT2D eigenvalue weighted by Crippen LogP contribution is 2.31. The summed E-state index contributed by atoms with van der Waals surface area (Å²) in [7, 11) is 4.18. The van der Waals surface area contributed by atoms with Gasteiger partial charge in [-0.25, -0.2) is 14.1 Å². The minimum atomic E-state index is 0.0131. The molecule has 1 aromatic carbocycles. The number of fused-ring (bicyclic) bond motifs is 1. The van der Waals surface area contributed by atoms with E-state index in [4.69, 9.17) is 9.72 Å². The topological polar surface area (TPSA) is 65.9 Å². The number of unbranched alkanes of at least 4 members (excludes halogenated alkanes) is 1. The lowest BCUT2D eigenvalue weighted by atomic mass is 9.96. The maximum Gasteiger partial charge on any atom is 0.317 e. The number of piperazine rings is 1. The number of aromatic nitrogens is 2. The second kappa shape index (κ2) is 13.7. The van der Waals surface area contributed by atoms with Crippen molar-refractivity contribution in [2.24, 2.45) is 13.0 Å². The van der Waals surface area contributed by atoms with Crippen molar-refractivity contribution in [3.05, 3.63) is 24.0 Å². The van der Waals surface area contributed by atoms with Gasteiger partial charge in [0.25, 0.3) is 0 Å². The van der Waals surface area contributed by atoms with E-state index in [2.05, 4.69) is 78.5 Å². The second-order valence-electron chi connectivity index (χ2n) is 11.1. The van der Waals surface area contributed by atoms with Crippen LogP contribution in [0.2, 0.25) is 0 Å². The van der Waals surface area contributed by atoms with E-state index in [1.54, 1.807) is 12.1 Å². The van der Waals surface area contributed by atoms with Gasteiger partial charge in [-0.1, -0.05) is 34.1 Å². The lowest BCUT2D eigenvalue weighted by Gasteiger charge is -2.35. The molecule has 2 aliphatic rings. The van der Waals surface area contributed by atoms with E-state index >= 15 is 0 Å². The molecule has 1 saturated heterocycles. The van der Waals surface area contributed by atoms with Crippen molar-refractivity contribution in [1.82, 2.24) is 24.1 Å². The highest BCUT2D eigenvalue weighted by Gasteiger charge is 2.26. The number of nitrogens with zero attached hydrogens (tertiary/aromatic N) is 5. The maximum atomic E-state index is 12.3. The predicted molar refractivity (Wildman–Crippen MR) is 156 cm³/mol. The van der Waals surface area contributed by atoms with Gasteiger partial charge >= 0.3 is 6.03 Å². The van der Waals surface area contributed by atoms with Gasteiger partial charge in [0.2, 0.25) is 0 Å². The third kappa shape index (κ3) is 8.79. The molecule has 4 rings (SSSR count). The fourth-order valence-electron chi connectivity index (χ4n) is 4.30. The molecular weight excluding hydrogens is 484 g/mol. The third-order valence-corrected chi connectivity index (χ3v) is 7.80. The first-order valence-electron chi connectivity index (χ1n) is 13.9. The van der Waals surface area contributed by atoms with Crippen LogP contribution in [0.1, 0.15) is 66.1 Å². The summed E-state index contributed by atoms with van der Waals surface area (Å²) >= 11 is 1.71. The first kappa shape index (κ1) is 29.6. The standard InChI is InChI=1S/C22H34N6OS.C6H14O/c1-22(2,3)20-24-18-14-17(8-9-19(18)25(20)4)26(5)30-28-12-10-27(11-13-28)21(29)23-15-16-6-7-16;1-3-5-6-7-4-2/h8-9,14,16H,6-7,10-13,15H2,1-5H3,(H,23,29);3-6H2,1-2H3. The van der Waals surface area contributed by atoms with Crippen molar-refractivity contribution in [3.8, 4) is 0 Å². The lowest BCUT2D eigenvalue weighted by Crippen LogP contribution is -2.50. The molecule has 2 heterocycles. The SMILES string of the molecule is CCCCOCC.CN(SN1CCN(C(=O)NCC2CC2)CC1)c1ccc2c(c1)nc(C(C)(C)C)n2C. The number of benzene rings is 1. The van der Waals surface area contributed by atoms with Gasteiger partial charge in [0.1, 0.15) is 5.82 Å². The van der Waals surface area contributed by atoms with Gasteiger partial charge in [0, 0.05) is 77.6 Å². The summed E-state index contributed by atoms with van der Waals surface area (Å²) in [6, 6.07) is 6.58. The summed E-state index contributed by atoms with van der Waals surface area (Å²) < 4.78 is 11.8. The summed E-state index contributed by atoms with van der Waals surface area (Å²) in [5, 5.41) is 3.07. The molecule has 9 heteroatoms. The highest BCUT2D eigenvalue weighted by molar-refractivity contribution is 7.98. The number of hydrogen-bond donors (Lipinski definition) is 1. The molecule has 2 aromatic rings. The summed E-state index contributed by atoms with van der Waals surface area (Å²) in [5.74, 6) is 1.82. The number of carbonyl (C=O) groups is 1. The number of hydrogen-bond acceptors (Lipinski definition) is 6. The van der Waals surface area contributed by atoms with E-state index in [0.717, 1.165) is 74.4 Å². The summed E-state index contributed by atoms with van der Waals surface area (Å²) in [4.78, 5) is 19.1. The molecule has 0 atom stereocenters. The van der Waals surface area contributed by atoms with Crippen LogP contribution in [0.4, 0.5) is 10.5 Å². The number of nitrogens with one attached hydrogen (secondary N) is 1. The third-order valence-electron chi connectivity index (χ3n) is 6.75. The van der Waals surface area contributed by atoms with E-state index < -0.39 is 0 Å². The maximum absolute atomic E-state index is 12.3. The van der Waals surface area contributed by atoms with E-state index in [-0.39, 0.29) is 11.4 Å². The van der Waals surface area contributed by atoms with Crippen LogP contribution in [0.15, 0.2) is 18.2 Å². The molecule has 2 fully saturated rings. The Bertz CT molecular complexity index is 988. The van der Waals surface area contributed by atoms with E-state index in [0.29, 0.717) is 0 Å². The molecule has 0 unspecified atom stereocenters. The van der Waals surface area contributed by atoms with Crippen molar-refractivity contribution in [2.75, 3.05) is 57.3 Å². The van der Waals surface area contributed by atoms with Gasteiger partial charge < -0.3 is 23.8 Å². The summed E-state index contributed by atoms with van der Waals surface area (Å²) in [6.07, 6.45) is 4.96. The van der Waals surface area contributed by atoms with Crippen molar-refractivity contribution < 1.29 is 9.53 Å². The molecule has 1 N–H and O–H groups in total. The Morgan fingerprint density at radius 3 is 2.49 bits per heavy atom. The second-order valence-corrected chi connectivity index (χ2v) is 12.3. The number of amides is 2. The molecule has 2 amide bonds. The van der Waals surface area contributed by atoms with Crippen molar-refractivity contribution in [3.63, 3.8) is 0 Å². The Balaban J connectivity index is 0.000000479. The van der Waals surface area contributed by atoms with Crippen LogP contribution in [0.5, 0.6) is 0 Å². The number of aryl methyl sites for hydroxylation is 1. The van der Waals surface area contributed by atoms with E-state index in [1.165, 1.54) is 25.7 Å². The molecule has 37 heavy (non-hydrogen) atoms. The van der Waals surface area contributed by atoms with Gasteiger partial charge in [-0.3, -0.25) is 0 Å². The molecule has 0 spiro atoms. The predicted octanol–water partition coefficient (Wildman–Crippen LogP) is 5.43. The molecule has 0 bridgehead atoms. The van der Waals surface area contributed by atoms with Gasteiger partial charge in [-0.05, 0) is 50.3 Å². The Labute approximate surface area is 228 Å². The number of imidazole rings is 1. The molecule has 1 aliphatic carbocycles. The van der Waals surface area contributed by atoms with Gasteiger partial charge in [0.15, 0.2) is 0 Å². The Morgan fingerprint density at radius 2 is 1.89 bits per heavy atom. The van der Waals surface area contributed by atoms with Gasteiger partial charge in [-0.2, -0.15) is 0 Å². The Morgan fingerprint density at radius 1 is 1.19 bits per heavy atom. The van der Waals surface area contributed by atoms with Gasteiger partial charge in [-0.15, -0.1) is 0 Å². The Hall–Kier alpha value is -1.97. The lowest BCUT2D eigenvalue weighted by molar-refractivity contribution is 0.144. The number of anilines is 1. The highest BCUT2D eigenvalue weighted by atomic mass is 32.2. The van der Waals surface area contributed by atoms with Crippen LogP contribution in [-0.4, -0.2) is 77.8 Å². The number of carbonyl (C=O) groups excluding carboxylic acids is 1. The number of rotatable bonds is 9. The molecular formula is C28H48N6O2S. The van der Waals surface area contributed by atoms with E-state index in [9.17, 15) is 4.79 Å². The molecule has 0 radical (unpaired) electrons. The van der Waals surface area contributed by atoms with Crippen molar-refractivity contribution >= 4 is 34.9 Å². The summed E-state index contributed by atoms with van der Waals surface area (Å²) in [6.45, 7) is 16.7. The molecule has 1 aromatic heterocycles. The van der Waals surface area contributed by atoms with Crippen LogP contribution in [-0.2, 0) is 17.2 Å². The molecule has 1 saturated carbocycles. The van der Waals surface area contributed by atoms with Crippen LogP contribution in [0.3, 0.4) is 0 Å². The normalized spacial score (nSPS) is 16.5. The first-order valence-corrected chi connectivity index (χ1v) is 14.6. The van der Waals surface area contributed by atoms with Crippen molar-refractivity contribution in [2.45, 2.75) is 65.7 Å². The quantitative estimate of drug-likeness (QED) is 0.343. The minimum Gasteiger partial charge on any atom is -0.382 e. The Kier molecular flexibility index (Phi) is 11.0. The van der Waals surface area contributed by atoms with Gasteiger partial charge in [0.05, 0.1) is 16.7 Å². The smallest absolute Gasteiger partial charge is 0.317 e. The average molecular weight is 533 g/mol. The van der Waals surface area contributed by atoms with Crippen LogP contribution < -0.4 is 9.62 Å². The molecule has 8 nitrogen and oxygen atoms in total.